The minimum Gasteiger partial charge on any atom is -0.330 e. The van der Waals surface area contributed by atoms with E-state index >= 15 is 0 Å². The highest BCUT2D eigenvalue weighted by molar-refractivity contribution is 9.10. The number of halogens is 1. The van der Waals surface area contributed by atoms with Crippen LogP contribution < -0.4 is 10.5 Å². The largest absolute Gasteiger partial charge is 0.330 e. The fraction of sp³-hybridized carbons (Fsp3) is 0.444. The molecule has 1 aromatic heterocycles. The van der Waals surface area contributed by atoms with E-state index in [-0.39, 0.29) is 5.75 Å². The second-order valence-corrected chi connectivity index (χ2v) is 6.02. The molecular formula is C9H14BrN3O2S. The van der Waals surface area contributed by atoms with Gasteiger partial charge in [-0.1, -0.05) is 0 Å². The second-order valence-electron chi connectivity index (χ2n) is 3.33. The predicted molar refractivity (Wildman–Crippen MR) is 67.8 cm³/mol. The van der Waals surface area contributed by atoms with Gasteiger partial charge < -0.3 is 5.73 Å². The number of nitrogens with two attached hydrogens (primary N) is 1. The number of anilines is 1. The van der Waals surface area contributed by atoms with Gasteiger partial charge in [0.25, 0.3) is 0 Å². The van der Waals surface area contributed by atoms with Crippen molar-refractivity contribution >= 4 is 31.8 Å². The van der Waals surface area contributed by atoms with Gasteiger partial charge in [0.05, 0.1) is 11.4 Å². The summed E-state index contributed by atoms with van der Waals surface area (Å²) in [6.45, 7) is 2.15. The van der Waals surface area contributed by atoms with E-state index in [1.165, 1.54) is 0 Å². The number of sulfonamides is 1. The van der Waals surface area contributed by atoms with Crippen molar-refractivity contribution < 1.29 is 8.42 Å². The lowest BCUT2D eigenvalue weighted by Gasteiger charge is -2.07. The van der Waals surface area contributed by atoms with Crippen LogP contribution in [0.5, 0.6) is 0 Å². The summed E-state index contributed by atoms with van der Waals surface area (Å²) in [5.41, 5.74) is 5.99. The van der Waals surface area contributed by atoms with Crippen molar-refractivity contribution in [1.29, 1.82) is 0 Å². The standard InChI is InChI=1S/C9H14BrN3O2S/c1-7-8(10)3-4-9(12-7)13-16(14,15)6-2-5-11/h3-4H,2,5-6,11H2,1H3,(H,12,13). The third-order valence-corrected chi connectivity index (χ3v) is 4.08. The molecule has 0 amide bonds. The van der Waals surface area contributed by atoms with E-state index < -0.39 is 10.0 Å². The van der Waals surface area contributed by atoms with Crippen LogP contribution in [-0.2, 0) is 10.0 Å². The molecule has 3 N–H and O–H groups in total. The fourth-order valence-corrected chi connectivity index (χ4v) is 2.39. The molecule has 0 aliphatic carbocycles. The molecular weight excluding hydrogens is 294 g/mol. The Labute approximate surface area is 104 Å². The average Bonchev–Trinajstić information content (AvgIpc) is 2.20. The van der Waals surface area contributed by atoms with Gasteiger partial charge in [-0.25, -0.2) is 13.4 Å². The van der Waals surface area contributed by atoms with Crippen LogP contribution in [0, 0.1) is 6.92 Å². The number of nitrogens with one attached hydrogen (secondary N) is 1. The Morgan fingerprint density at radius 1 is 1.50 bits per heavy atom. The van der Waals surface area contributed by atoms with Crippen molar-refractivity contribution in [2.45, 2.75) is 13.3 Å². The molecule has 1 rings (SSSR count). The minimum absolute atomic E-state index is 0.0142. The summed E-state index contributed by atoms with van der Waals surface area (Å²) < 4.78 is 26.3. The lowest BCUT2D eigenvalue weighted by molar-refractivity contribution is 0.598. The van der Waals surface area contributed by atoms with E-state index in [1.807, 2.05) is 0 Å². The number of aryl methyl sites for hydroxylation is 1. The normalized spacial score (nSPS) is 11.4. The highest BCUT2D eigenvalue weighted by Crippen LogP contribution is 2.16. The van der Waals surface area contributed by atoms with Crippen LogP contribution in [0.25, 0.3) is 0 Å². The van der Waals surface area contributed by atoms with Crippen LogP contribution in [0.3, 0.4) is 0 Å². The Balaban J connectivity index is 2.76. The first kappa shape index (κ1) is 13.4. The molecule has 0 bridgehead atoms. The molecule has 7 heteroatoms. The van der Waals surface area contributed by atoms with Gasteiger partial charge in [-0.3, -0.25) is 4.72 Å². The molecule has 0 fully saturated rings. The molecule has 1 aromatic rings. The number of hydrogen-bond acceptors (Lipinski definition) is 4. The molecule has 0 spiro atoms. The van der Waals surface area contributed by atoms with Crippen molar-refractivity contribution in [2.24, 2.45) is 5.73 Å². The van der Waals surface area contributed by atoms with Crippen molar-refractivity contribution in [3.63, 3.8) is 0 Å². The maximum absolute atomic E-state index is 11.5. The Morgan fingerprint density at radius 3 is 2.75 bits per heavy atom. The third-order valence-electron chi connectivity index (χ3n) is 1.90. The molecule has 0 aromatic carbocycles. The summed E-state index contributed by atoms with van der Waals surface area (Å²) in [5, 5.41) is 0. The van der Waals surface area contributed by atoms with Crippen LogP contribution in [-0.4, -0.2) is 25.7 Å². The highest BCUT2D eigenvalue weighted by Gasteiger charge is 2.10. The van der Waals surface area contributed by atoms with Gasteiger partial charge in [-0.05, 0) is 48.0 Å². The number of nitrogens with zero attached hydrogens (tertiary/aromatic N) is 1. The van der Waals surface area contributed by atoms with Gasteiger partial charge in [-0.15, -0.1) is 0 Å². The summed E-state index contributed by atoms with van der Waals surface area (Å²) in [6, 6.07) is 3.36. The van der Waals surface area contributed by atoms with E-state index in [2.05, 4.69) is 25.6 Å². The molecule has 0 aliphatic rings. The van der Waals surface area contributed by atoms with Crippen molar-refractivity contribution in [3.05, 3.63) is 22.3 Å². The summed E-state index contributed by atoms with van der Waals surface area (Å²) in [4.78, 5) is 4.10. The maximum Gasteiger partial charge on any atom is 0.233 e. The summed E-state index contributed by atoms with van der Waals surface area (Å²) in [7, 11) is -3.33. The quantitative estimate of drug-likeness (QED) is 0.857. The number of pyridine rings is 1. The topological polar surface area (TPSA) is 85.1 Å². The van der Waals surface area contributed by atoms with Crippen molar-refractivity contribution in [1.82, 2.24) is 4.98 Å². The van der Waals surface area contributed by atoms with E-state index in [0.717, 1.165) is 10.2 Å². The SMILES string of the molecule is Cc1nc(NS(=O)(=O)CCCN)ccc1Br. The smallest absolute Gasteiger partial charge is 0.233 e. The molecule has 0 saturated carbocycles. The van der Waals surface area contributed by atoms with Gasteiger partial charge in [0.15, 0.2) is 0 Å². The summed E-state index contributed by atoms with van der Waals surface area (Å²) in [6.07, 6.45) is 0.435. The minimum atomic E-state index is -3.33. The zero-order valence-electron chi connectivity index (χ0n) is 8.90. The van der Waals surface area contributed by atoms with Gasteiger partial charge >= 0.3 is 0 Å². The highest BCUT2D eigenvalue weighted by atomic mass is 79.9. The first-order valence-electron chi connectivity index (χ1n) is 4.78. The number of rotatable bonds is 5. The molecule has 0 aliphatic heterocycles. The molecule has 5 nitrogen and oxygen atoms in total. The van der Waals surface area contributed by atoms with Crippen LogP contribution >= 0.6 is 15.9 Å². The monoisotopic (exact) mass is 307 g/mol. The second kappa shape index (κ2) is 5.60. The van der Waals surface area contributed by atoms with Gasteiger partial charge in [0, 0.05) is 4.47 Å². The van der Waals surface area contributed by atoms with E-state index in [4.69, 9.17) is 5.73 Å². The van der Waals surface area contributed by atoms with Crippen LogP contribution in [0.2, 0.25) is 0 Å². The molecule has 90 valence electrons. The summed E-state index contributed by atoms with van der Waals surface area (Å²) >= 11 is 3.29. The fourth-order valence-electron chi connectivity index (χ4n) is 1.08. The average molecular weight is 308 g/mol. The van der Waals surface area contributed by atoms with E-state index in [0.29, 0.717) is 18.8 Å². The molecule has 0 radical (unpaired) electrons. The molecule has 16 heavy (non-hydrogen) atoms. The van der Waals surface area contributed by atoms with Crippen molar-refractivity contribution in [2.75, 3.05) is 17.0 Å². The first-order chi connectivity index (χ1) is 7.44. The number of hydrogen-bond donors (Lipinski definition) is 2. The maximum atomic E-state index is 11.5. The predicted octanol–water partition coefficient (Wildman–Crippen LogP) is 1.24. The Hall–Kier alpha value is -0.660. The van der Waals surface area contributed by atoms with E-state index in [9.17, 15) is 8.42 Å². The zero-order valence-corrected chi connectivity index (χ0v) is 11.3. The lowest BCUT2D eigenvalue weighted by atomic mass is 10.4. The molecule has 0 unspecified atom stereocenters. The third kappa shape index (κ3) is 4.07. The molecule has 0 saturated heterocycles. The molecule has 0 atom stereocenters. The van der Waals surface area contributed by atoms with Gasteiger partial charge in [0.1, 0.15) is 5.82 Å². The first-order valence-corrected chi connectivity index (χ1v) is 7.23. The van der Waals surface area contributed by atoms with Gasteiger partial charge in [-0.2, -0.15) is 0 Å². The molecule has 1 heterocycles. The Kier molecular flexibility index (Phi) is 4.69. The summed E-state index contributed by atoms with van der Waals surface area (Å²) in [5.74, 6) is 0.345. The van der Waals surface area contributed by atoms with Crippen molar-refractivity contribution in [3.8, 4) is 0 Å². The van der Waals surface area contributed by atoms with Crippen LogP contribution in [0.4, 0.5) is 5.82 Å². The van der Waals surface area contributed by atoms with Gasteiger partial charge in [0.2, 0.25) is 10.0 Å². The van der Waals surface area contributed by atoms with Crippen LogP contribution in [0.1, 0.15) is 12.1 Å². The van der Waals surface area contributed by atoms with Crippen LogP contribution in [0.15, 0.2) is 16.6 Å². The lowest BCUT2D eigenvalue weighted by Crippen LogP contribution is -2.19. The number of aromatic nitrogens is 1. The van der Waals surface area contributed by atoms with E-state index in [1.54, 1.807) is 19.1 Å². The Morgan fingerprint density at radius 2 is 2.19 bits per heavy atom. The zero-order chi connectivity index (χ0) is 12.2. The Bertz CT molecular complexity index is 462.